The Kier molecular flexibility index (Phi) is 4.49. The van der Waals surface area contributed by atoms with Crippen LogP contribution >= 0.6 is 0 Å². The van der Waals surface area contributed by atoms with Gasteiger partial charge in [0, 0.05) is 11.8 Å². The van der Waals surface area contributed by atoms with E-state index in [9.17, 15) is 0 Å². The first-order chi connectivity index (χ1) is 9.23. The summed E-state index contributed by atoms with van der Waals surface area (Å²) in [4.78, 5) is 0. The predicted molar refractivity (Wildman–Crippen MR) is 86.1 cm³/mol. The molecule has 0 radical (unpaired) electrons. The van der Waals surface area contributed by atoms with E-state index < -0.39 is 13.9 Å². The molecule has 0 N–H and O–H groups in total. The Balaban J connectivity index is 1.61. The molecule has 20 heavy (non-hydrogen) atoms. The topological polar surface area (TPSA) is 18.5 Å². The highest BCUT2D eigenvalue weighted by atomic mass is 28.3. The van der Waals surface area contributed by atoms with E-state index in [1.807, 2.05) is 0 Å². The first-order valence-corrected chi connectivity index (χ1v) is 11.2. The fourth-order valence-electron chi connectivity index (χ4n) is 2.25. The summed E-state index contributed by atoms with van der Waals surface area (Å²) in [6.07, 6.45) is 6.63. The van der Waals surface area contributed by atoms with Crippen molar-refractivity contribution < 1.29 is 9.47 Å². The van der Waals surface area contributed by atoms with Crippen molar-refractivity contribution in [3.63, 3.8) is 0 Å². The Labute approximate surface area is 124 Å². The normalized spacial score (nSPS) is 22.9. The molecule has 1 aliphatic heterocycles. The zero-order valence-electron chi connectivity index (χ0n) is 13.6. The molecule has 0 aromatic rings. The fourth-order valence-corrected chi connectivity index (χ4v) is 2.91. The zero-order valence-corrected chi connectivity index (χ0v) is 14.6. The minimum absolute atomic E-state index is 0.152. The molecule has 112 valence electrons. The second-order valence-corrected chi connectivity index (χ2v) is 12.6. The third-order valence-electron chi connectivity index (χ3n) is 3.54. The van der Waals surface area contributed by atoms with Crippen LogP contribution in [0.15, 0.2) is 11.6 Å². The van der Waals surface area contributed by atoms with Gasteiger partial charge in [-0.1, -0.05) is 33.5 Å². The molecule has 2 rings (SSSR count). The maximum atomic E-state index is 5.89. The van der Waals surface area contributed by atoms with Gasteiger partial charge in [-0.15, -0.1) is 11.5 Å². The van der Waals surface area contributed by atoms with Gasteiger partial charge in [-0.25, -0.2) is 0 Å². The van der Waals surface area contributed by atoms with Crippen LogP contribution < -0.4 is 0 Å². The molecule has 1 spiro atoms. The van der Waals surface area contributed by atoms with Gasteiger partial charge in [0.1, 0.15) is 8.07 Å². The summed E-state index contributed by atoms with van der Waals surface area (Å²) in [5, 5.41) is 0. The number of ether oxygens (including phenoxy) is 2. The van der Waals surface area contributed by atoms with Crippen molar-refractivity contribution in [2.45, 2.75) is 65.0 Å². The lowest BCUT2D eigenvalue weighted by molar-refractivity contribution is -0.230. The van der Waals surface area contributed by atoms with Gasteiger partial charge in [0.15, 0.2) is 0 Å². The zero-order chi connectivity index (χ0) is 14.9. The first kappa shape index (κ1) is 15.8. The van der Waals surface area contributed by atoms with Crippen LogP contribution in [0.3, 0.4) is 0 Å². The first-order valence-electron chi connectivity index (χ1n) is 7.73. The van der Waals surface area contributed by atoms with E-state index in [0.29, 0.717) is 0 Å². The lowest BCUT2D eigenvalue weighted by Crippen LogP contribution is -2.40. The Morgan fingerprint density at radius 3 is 2.40 bits per heavy atom. The number of unbranched alkanes of at least 4 members (excludes halogenated alkanes) is 2. The van der Waals surface area contributed by atoms with Gasteiger partial charge >= 0.3 is 0 Å². The summed E-state index contributed by atoms with van der Waals surface area (Å²) < 4.78 is 11.8. The van der Waals surface area contributed by atoms with Crippen molar-refractivity contribution in [1.82, 2.24) is 0 Å². The third kappa shape index (κ3) is 4.48. The molecule has 0 aromatic heterocycles. The van der Waals surface area contributed by atoms with Crippen molar-refractivity contribution >= 4 is 8.07 Å². The van der Waals surface area contributed by atoms with E-state index in [1.54, 1.807) is 0 Å². The second kappa shape index (κ2) is 5.67. The smallest absolute Gasteiger partial charge is 0.211 e. The summed E-state index contributed by atoms with van der Waals surface area (Å²) in [6.45, 7) is 12.8. The number of hydrogen-bond donors (Lipinski definition) is 0. The van der Waals surface area contributed by atoms with Crippen LogP contribution in [-0.4, -0.2) is 27.1 Å². The van der Waals surface area contributed by atoms with Crippen LogP contribution in [0.5, 0.6) is 0 Å². The molecular formula is C17H28O2Si. The Morgan fingerprint density at radius 2 is 1.80 bits per heavy atom. The monoisotopic (exact) mass is 292 g/mol. The molecule has 1 aliphatic carbocycles. The van der Waals surface area contributed by atoms with E-state index in [-0.39, 0.29) is 5.41 Å². The number of hydrogen-bond acceptors (Lipinski definition) is 2. The summed E-state index contributed by atoms with van der Waals surface area (Å²) >= 11 is 0. The quantitative estimate of drug-likeness (QED) is 0.335. The lowest BCUT2D eigenvalue weighted by Gasteiger charge is -2.36. The van der Waals surface area contributed by atoms with E-state index in [2.05, 4.69) is 51.0 Å². The van der Waals surface area contributed by atoms with Crippen molar-refractivity contribution in [3.05, 3.63) is 11.6 Å². The van der Waals surface area contributed by atoms with Crippen LogP contribution in [0.25, 0.3) is 0 Å². The molecular weight excluding hydrogens is 264 g/mol. The molecule has 3 heteroatoms. The van der Waals surface area contributed by atoms with Gasteiger partial charge in [0.25, 0.3) is 0 Å². The average Bonchev–Trinajstić information content (AvgIpc) is 3.01. The van der Waals surface area contributed by atoms with E-state index in [1.165, 1.54) is 18.4 Å². The SMILES string of the molecule is CC1(C)COC2(C=C2CCCCC#C[Si](C)(C)C)OC1. The van der Waals surface area contributed by atoms with Crippen molar-refractivity contribution in [2.24, 2.45) is 5.41 Å². The standard InChI is InChI=1S/C17H28O2Si/c1-16(2)13-18-17(19-14-16)12-15(17)10-8-6-7-9-11-20(3,4)5/h12H,6-8,10,13-14H2,1-5H3. The highest BCUT2D eigenvalue weighted by Gasteiger charge is 2.50. The summed E-state index contributed by atoms with van der Waals surface area (Å²) in [5.74, 6) is 2.93. The Bertz CT molecular complexity index is 436. The van der Waals surface area contributed by atoms with Crippen molar-refractivity contribution in [3.8, 4) is 11.5 Å². The molecule has 2 nitrogen and oxygen atoms in total. The molecule has 0 aromatic carbocycles. The van der Waals surface area contributed by atoms with E-state index in [0.717, 1.165) is 26.1 Å². The highest BCUT2D eigenvalue weighted by Crippen LogP contribution is 2.47. The summed E-state index contributed by atoms with van der Waals surface area (Å²) in [7, 11) is -1.19. The maximum Gasteiger partial charge on any atom is 0.211 e. The van der Waals surface area contributed by atoms with Gasteiger partial charge < -0.3 is 9.47 Å². The van der Waals surface area contributed by atoms with Gasteiger partial charge in [0.2, 0.25) is 5.79 Å². The largest absolute Gasteiger partial charge is 0.342 e. The average molecular weight is 292 g/mol. The maximum absolute atomic E-state index is 5.89. The molecule has 1 fully saturated rings. The highest BCUT2D eigenvalue weighted by molar-refractivity contribution is 6.83. The van der Waals surface area contributed by atoms with Crippen LogP contribution in [0, 0.1) is 16.9 Å². The summed E-state index contributed by atoms with van der Waals surface area (Å²) in [6, 6.07) is 0. The third-order valence-corrected chi connectivity index (χ3v) is 4.47. The number of rotatable bonds is 4. The molecule has 2 aliphatic rings. The molecule has 0 saturated carbocycles. The second-order valence-electron chi connectivity index (χ2n) is 7.84. The molecule has 1 heterocycles. The molecule has 0 amide bonds. The lowest BCUT2D eigenvalue weighted by atomic mass is 9.95. The van der Waals surface area contributed by atoms with E-state index >= 15 is 0 Å². The minimum atomic E-state index is -1.19. The van der Waals surface area contributed by atoms with Crippen LogP contribution in [0.4, 0.5) is 0 Å². The van der Waals surface area contributed by atoms with Crippen LogP contribution in [0.2, 0.25) is 19.6 Å². The molecule has 0 bridgehead atoms. The Hall–Kier alpha value is -0.563. The van der Waals surface area contributed by atoms with Crippen LogP contribution in [0.1, 0.15) is 39.5 Å². The van der Waals surface area contributed by atoms with Gasteiger partial charge in [-0.05, 0) is 30.9 Å². The fraction of sp³-hybridized carbons (Fsp3) is 0.765. The molecule has 1 saturated heterocycles. The van der Waals surface area contributed by atoms with E-state index in [4.69, 9.17) is 9.47 Å². The summed E-state index contributed by atoms with van der Waals surface area (Å²) in [5.41, 5.74) is 4.91. The van der Waals surface area contributed by atoms with Crippen molar-refractivity contribution in [1.29, 1.82) is 0 Å². The van der Waals surface area contributed by atoms with Gasteiger partial charge in [0.05, 0.1) is 13.2 Å². The minimum Gasteiger partial charge on any atom is -0.342 e. The molecule has 0 atom stereocenters. The predicted octanol–water partition coefficient (Wildman–Crippen LogP) is 4.14. The molecule has 0 unspecified atom stereocenters. The van der Waals surface area contributed by atoms with Crippen molar-refractivity contribution in [2.75, 3.05) is 13.2 Å². The van der Waals surface area contributed by atoms with Gasteiger partial charge in [-0.3, -0.25) is 0 Å². The van der Waals surface area contributed by atoms with Crippen LogP contribution in [-0.2, 0) is 9.47 Å². The Morgan fingerprint density at radius 1 is 1.15 bits per heavy atom. The van der Waals surface area contributed by atoms with Gasteiger partial charge in [-0.2, -0.15) is 0 Å².